The van der Waals surface area contributed by atoms with E-state index in [2.05, 4.69) is 26.4 Å². The maximum absolute atomic E-state index is 11.8. The zero-order chi connectivity index (χ0) is 12.4. The third-order valence-corrected chi connectivity index (χ3v) is 4.32. The number of amides is 1. The number of nitrogens with zero attached hydrogens (tertiary/aromatic N) is 1. The molecular weight excluding hydrogens is 304 g/mol. The van der Waals surface area contributed by atoms with E-state index in [0.29, 0.717) is 17.2 Å². The number of carbonyl (C=O) groups is 1. The van der Waals surface area contributed by atoms with Gasteiger partial charge in [0, 0.05) is 6.07 Å². The summed E-state index contributed by atoms with van der Waals surface area (Å²) in [5.74, 6) is 0.557. The quantitative estimate of drug-likeness (QED) is 0.947. The summed E-state index contributed by atoms with van der Waals surface area (Å²) in [6.45, 7) is 4.15. The van der Waals surface area contributed by atoms with E-state index in [-0.39, 0.29) is 5.91 Å². The molecule has 0 fully saturated rings. The van der Waals surface area contributed by atoms with Crippen LogP contribution in [0.3, 0.4) is 0 Å². The fourth-order valence-electron chi connectivity index (χ4n) is 1.33. The van der Waals surface area contributed by atoms with Crippen LogP contribution in [0.5, 0.6) is 0 Å². The highest BCUT2D eigenvalue weighted by molar-refractivity contribution is 9.11. The minimum Gasteiger partial charge on any atom is -0.359 e. The third-order valence-electron chi connectivity index (χ3n) is 2.18. The van der Waals surface area contributed by atoms with Crippen molar-refractivity contribution in [3.8, 4) is 0 Å². The van der Waals surface area contributed by atoms with E-state index >= 15 is 0 Å². The molecule has 6 heteroatoms. The minimum absolute atomic E-state index is 0.0992. The molecule has 0 unspecified atom stereocenters. The van der Waals surface area contributed by atoms with E-state index in [1.165, 1.54) is 11.3 Å². The summed E-state index contributed by atoms with van der Waals surface area (Å²) in [6.07, 6.45) is 0. The maximum atomic E-state index is 11.8. The van der Waals surface area contributed by atoms with Crippen molar-refractivity contribution in [3.05, 3.63) is 37.8 Å². The summed E-state index contributed by atoms with van der Waals surface area (Å²) in [5, 5.41) is 6.54. The van der Waals surface area contributed by atoms with Crippen molar-refractivity contribution < 1.29 is 9.32 Å². The number of aromatic nitrogens is 1. The van der Waals surface area contributed by atoms with Crippen molar-refractivity contribution in [1.82, 2.24) is 10.5 Å². The Kier molecular flexibility index (Phi) is 3.63. The van der Waals surface area contributed by atoms with Crippen molar-refractivity contribution >= 4 is 33.2 Å². The second-order valence-corrected chi connectivity index (χ2v) is 6.05. The van der Waals surface area contributed by atoms with Gasteiger partial charge in [-0.15, -0.1) is 11.3 Å². The number of halogens is 1. The normalized spacial score (nSPS) is 10.5. The van der Waals surface area contributed by atoms with Gasteiger partial charge in [-0.3, -0.25) is 4.79 Å². The molecule has 0 bridgehead atoms. The molecule has 1 N–H and O–H groups in total. The molecule has 1 amide bonds. The van der Waals surface area contributed by atoms with E-state index < -0.39 is 0 Å². The second kappa shape index (κ2) is 5.01. The van der Waals surface area contributed by atoms with Gasteiger partial charge in [0.15, 0.2) is 5.76 Å². The Labute approximate surface area is 111 Å². The molecule has 0 aromatic carbocycles. The lowest BCUT2D eigenvalue weighted by molar-refractivity contribution is 0.0951. The molecule has 2 aromatic rings. The fraction of sp³-hybridized carbons (Fsp3) is 0.273. The summed E-state index contributed by atoms with van der Waals surface area (Å²) < 4.78 is 5.99. The Bertz CT molecular complexity index is 528. The van der Waals surface area contributed by atoms with Crippen molar-refractivity contribution in [2.75, 3.05) is 0 Å². The smallest absolute Gasteiger partial charge is 0.261 e. The van der Waals surface area contributed by atoms with Gasteiger partial charge in [-0.2, -0.15) is 0 Å². The molecule has 17 heavy (non-hydrogen) atoms. The number of hydrogen-bond acceptors (Lipinski definition) is 4. The molecule has 0 aliphatic carbocycles. The van der Waals surface area contributed by atoms with Gasteiger partial charge in [0.25, 0.3) is 5.91 Å². The van der Waals surface area contributed by atoms with Gasteiger partial charge in [0.05, 0.1) is 20.9 Å². The lowest BCUT2D eigenvalue weighted by atomic mass is 10.3. The zero-order valence-electron chi connectivity index (χ0n) is 9.41. The van der Waals surface area contributed by atoms with Crippen LogP contribution >= 0.6 is 27.3 Å². The Morgan fingerprint density at radius 2 is 2.29 bits per heavy atom. The summed E-state index contributed by atoms with van der Waals surface area (Å²) in [5.41, 5.74) is 1.87. The van der Waals surface area contributed by atoms with Crippen LogP contribution in [-0.4, -0.2) is 11.1 Å². The molecule has 2 heterocycles. The van der Waals surface area contributed by atoms with Crippen molar-refractivity contribution in [3.63, 3.8) is 0 Å². The molecule has 90 valence electrons. The highest BCUT2D eigenvalue weighted by Crippen LogP contribution is 2.27. The van der Waals surface area contributed by atoms with Crippen molar-refractivity contribution in [2.24, 2.45) is 0 Å². The number of thiophene rings is 1. The molecule has 0 saturated carbocycles. The highest BCUT2D eigenvalue weighted by atomic mass is 79.9. The predicted octanol–water partition coefficient (Wildman–Crippen LogP) is 3.05. The fourth-order valence-corrected chi connectivity index (χ4v) is 2.78. The van der Waals surface area contributed by atoms with Crippen LogP contribution in [-0.2, 0) is 6.54 Å². The predicted molar refractivity (Wildman–Crippen MR) is 69.2 cm³/mol. The van der Waals surface area contributed by atoms with Crippen LogP contribution in [0.1, 0.15) is 26.7 Å². The van der Waals surface area contributed by atoms with Crippen molar-refractivity contribution in [2.45, 2.75) is 20.4 Å². The molecule has 0 aliphatic heterocycles. The van der Waals surface area contributed by atoms with Gasteiger partial charge in [-0.05, 0) is 41.4 Å². The van der Waals surface area contributed by atoms with E-state index in [0.717, 1.165) is 15.0 Å². The number of hydrogen-bond donors (Lipinski definition) is 1. The standard InChI is InChI=1S/C11H11BrN2O2S/c1-6-3-9(17-10(6)12)11(15)13-5-8-4-7(2)14-16-8/h3-4H,5H2,1-2H3,(H,13,15). The number of carbonyl (C=O) groups excluding carboxylic acids is 1. The Balaban J connectivity index is 1.98. The van der Waals surface area contributed by atoms with Gasteiger partial charge in [-0.1, -0.05) is 5.16 Å². The molecule has 0 aliphatic rings. The lowest BCUT2D eigenvalue weighted by Crippen LogP contribution is -2.21. The van der Waals surface area contributed by atoms with Gasteiger partial charge in [-0.25, -0.2) is 0 Å². The van der Waals surface area contributed by atoms with Crippen LogP contribution < -0.4 is 5.32 Å². The van der Waals surface area contributed by atoms with Crippen LogP contribution in [0.25, 0.3) is 0 Å². The molecule has 4 nitrogen and oxygen atoms in total. The minimum atomic E-state index is -0.0992. The molecule has 2 aromatic heterocycles. The molecule has 0 atom stereocenters. The molecular formula is C11H11BrN2O2S. The largest absolute Gasteiger partial charge is 0.359 e. The molecule has 2 rings (SSSR count). The topological polar surface area (TPSA) is 55.1 Å². The molecule has 0 saturated heterocycles. The first-order valence-corrected chi connectivity index (χ1v) is 6.63. The highest BCUT2D eigenvalue weighted by Gasteiger charge is 2.11. The summed E-state index contributed by atoms with van der Waals surface area (Å²) in [4.78, 5) is 12.5. The van der Waals surface area contributed by atoms with Crippen LogP contribution in [0.4, 0.5) is 0 Å². The number of aryl methyl sites for hydroxylation is 2. The van der Waals surface area contributed by atoms with Crippen LogP contribution in [0, 0.1) is 13.8 Å². The van der Waals surface area contributed by atoms with E-state index in [1.807, 2.05) is 19.9 Å². The number of rotatable bonds is 3. The summed E-state index contributed by atoms with van der Waals surface area (Å²) >= 11 is 4.81. The van der Waals surface area contributed by atoms with E-state index in [9.17, 15) is 4.79 Å². The average molecular weight is 315 g/mol. The zero-order valence-corrected chi connectivity index (χ0v) is 11.8. The van der Waals surface area contributed by atoms with E-state index in [1.54, 1.807) is 6.07 Å². The van der Waals surface area contributed by atoms with Gasteiger partial charge in [0.2, 0.25) is 0 Å². The van der Waals surface area contributed by atoms with Gasteiger partial charge >= 0.3 is 0 Å². The Hall–Kier alpha value is -1.14. The van der Waals surface area contributed by atoms with Gasteiger partial charge < -0.3 is 9.84 Å². The SMILES string of the molecule is Cc1cc(CNC(=O)c2cc(C)c(Br)s2)on1. The molecule has 0 radical (unpaired) electrons. The average Bonchev–Trinajstić information content (AvgIpc) is 2.83. The first-order valence-electron chi connectivity index (χ1n) is 5.02. The maximum Gasteiger partial charge on any atom is 0.261 e. The monoisotopic (exact) mass is 314 g/mol. The van der Waals surface area contributed by atoms with Gasteiger partial charge in [0.1, 0.15) is 0 Å². The van der Waals surface area contributed by atoms with Crippen LogP contribution in [0.2, 0.25) is 0 Å². The second-order valence-electron chi connectivity index (χ2n) is 3.68. The molecule has 0 spiro atoms. The van der Waals surface area contributed by atoms with Crippen molar-refractivity contribution in [1.29, 1.82) is 0 Å². The third kappa shape index (κ3) is 2.95. The van der Waals surface area contributed by atoms with E-state index in [4.69, 9.17) is 4.52 Å². The Morgan fingerprint density at radius 1 is 1.53 bits per heavy atom. The van der Waals surface area contributed by atoms with Crippen LogP contribution in [0.15, 0.2) is 20.4 Å². The number of nitrogens with one attached hydrogen (secondary N) is 1. The first kappa shape index (κ1) is 12.3. The lowest BCUT2D eigenvalue weighted by Gasteiger charge is -1.99. The summed E-state index contributed by atoms with van der Waals surface area (Å²) in [7, 11) is 0. The first-order chi connectivity index (χ1) is 8.06. The summed E-state index contributed by atoms with van der Waals surface area (Å²) in [6, 6.07) is 3.66. The Morgan fingerprint density at radius 3 is 2.82 bits per heavy atom.